The van der Waals surface area contributed by atoms with Crippen molar-refractivity contribution in [2.75, 3.05) is 6.54 Å². The summed E-state index contributed by atoms with van der Waals surface area (Å²) in [6, 6.07) is 8.79. The van der Waals surface area contributed by atoms with Crippen LogP contribution in [-0.4, -0.2) is 23.1 Å². The molecule has 19 heavy (non-hydrogen) atoms. The highest BCUT2D eigenvalue weighted by Crippen LogP contribution is 2.47. The first-order chi connectivity index (χ1) is 9.24. The van der Waals surface area contributed by atoms with E-state index in [1.807, 2.05) is 4.90 Å². The van der Waals surface area contributed by atoms with E-state index in [0.717, 1.165) is 13.0 Å². The molecule has 5 rings (SSSR count). The molecule has 2 aliphatic carbocycles. The van der Waals surface area contributed by atoms with Gasteiger partial charge in [-0.05, 0) is 24.0 Å². The lowest BCUT2D eigenvalue weighted by Crippen LogP contribution is -2.50. The topological polar surface area (TPSA) is 37.4 Å². The molecule has 1 saturated heterocycles. The normalized spacial score (nSPS) is 29.1. The molecule has 1 amide bonds. The molecular formula is C16H17NO2. The van der Waals surface area contributed by atoms with E-state index in [2.05, 4.69) is 24.3 Å². The van der Waals surface area contributed by atoms with Gasteiger partial charge in [-0.15, -0.1) is 0 Å². The maximum atomic E-state index is 12.5. The van der Waals surface area contributed by atoms with Crippen LogP contribution in [0.5, 0.6) is 0 Å². The molecule has 2 fully saturated rings. The molecule has 3 nitrogen and oxygen atoms in total. The van der Waals surface area contributed by atoms with Gasteiger partial charge in [0, 0.05) is 25.3 Å². The second-order valence-corrected chi connectivity index (χ2v) is 6.05. The summed E-state index contributed by atoms with van der Waals surface area (Å²) in [5, 5.41) is 0. The predicted molar refractivity (Wildman–Crippen MR) is 70.6 cm³/mol. The summed E-state index contributed by atoms with van der Waals surface area (Å²) in [4.78, 5) is 25.6. The van der Waals surface area contributed by atoms with Gasteiger partial charge < -0.3 is 4.90 Å². The van der Waals surface area contributed by atoms with Gasteiger partial charge in [0.05, 0.1) is 12.0 Å². The van der Waals surface area contributed by atoms with Crippen molar-refractivity contribution in [2.45, 2.75) is 37.6 Å². The van der Waals surface area contributed by atoms with Gasteiger partial charge in [0.2, 0.25) is 5.91 Å². The van der Waals surface area contributed by atoms with Crippen LogP contribution in [-0.2, 0) is 9.59 Å². The second kappa shape index (κ2) is 3.92. The summed E-state index contributed by atoms with van der Waals surface area (Å²) < 4.78 is 0. The van der Waals surface area contributed by atoms with Crippen molar-refractivity contribution in [1.29, 1.82) is 0 Å². The Morgan fingerprint density at radius 2 is 1.84 bits per heavy atom. The van der Waals surface area contributed by atoms with Crippen LogP contribution in [0.15, 0.2) is 24.3 Å². The van der Waals surface area contributed by atoms with Crippen molar-refractivity contribution in [3.8, 4) is 0 Å². The van der Waals surface area contributed by atoms with Crippen molar-refractivity contribution < 1.29 is 9.59 Å². The standard InChI is InChI=1S/C16H17NO2/c18-12-7-11(8-12)16(19)17-9-10-5-6-15(17)14-4-2-1-3-13(10)14/h1-4,10-11,15H,5-9H2/t10-,15+/m1/s1. The third-order valence-electron chi connectivity index (χ3n) is 4.96. The van der Waals surface area contributed by atoms with E-state index < -0.39 is 0 Å². The molecule has 3 heteroatoms. The smallest absolute Gasteiger partial charge is 0.227 e. The number of piperidine rings is 1. The van der Waals surface area contributed by atoms with Gasteiger partial charge in [-0.1, -0.05) is 24.3 Å². The van der Waals surface area contributed by atoms with Gasteiger partial charge in [0.25, 0.3) is 0 Å². The third kappa shape index (κ3) is 1.57. The fourth-order valence-electron chi connectivity index (χ4n) is 3.88. The van der Waals surface area contributed by atoms with E-state index in [9.17, 15) is 9.59 Å². The Morgan fingerprint density at radius 1 is 1.11 bits per heavy atom. The highest BCUT2D eigenvalue weighted by Gasteiger charge is 2.44. The average molecular weight is 255 g/mol. The van der Waals surface area contributed by atoms with Crippen LogP contribution in [0.1, 0.15) is 48.8 Å². The largest absolute Gasteiger partial charge is 0.335 e. The Balaban J connectivity index is 1.64. The maximum Gasteiger partial charge on any atom is 0.227 e. The molecule has 1 aromatic rings. The molecule has 0 aromatic heterocycles. The molecule has 2 atom stereocenters. The zero-order valence-electron chi connectivity index (χ0n) is 10.8. The van der Waals surface area contributed by atoms with Gasteiger partial charge in [-0.2, -0.15) is 0 Å². The average Bonchev–Trinajstić information content (AvgIpc) is 2.44. The van der Waals surface area contributed by atoms with Crippen molar-refractivity contribution in [3.05, 3.63) is 35.4 Å². The number of hydrogen-bond acceptors (Lipinski definition) is 2. The van der Waals surface area contributed by atoms with E-state index in [-0.39, 0.29) is 23.7 Å². The Bertz CT molecular complexity index is 558. The molecule has 1 saturated carbocycles. The first-order valence-electron chi connectivity index (χ1n) is 7.15. The molecule has 98 valence electrons. The van der Waals surface area contributed by atoms with Crippen molar-refractivity contribution in [3.63, 3.8) is 0 Å². The SMILES string of the molecule is O=C1CC(C(=O)N2C[C@H]3CC[C@H]2c2ccccc23)C1. The lowest BCUT2D eigenvalue weighted by molar-refractivity contribution is -0.148. The summed E-state index contributed by atoms with van der Waals surface area (Å²) in [6.07, 6.45) is 3.20. The van der Waals surface area contributed by atoms with Gasteiger partial charge in [-0.3, -0.25) is 9.59 Å². The number of carbonyl (C=O) groups excluding carboxylic acids is 2. The molecule has 0 unspecified atom stereocenters. The maximum absolute atomic E-state index is 12.5. The van der Waals surface area contributed by atoms with Gasteiger partial charge in [0.15, 0.2) is 0 Å². The fourth-order valence-corrected chi connectivity index (χ4v) is 3.88. The van der Waals surface area contributed by atoms with E-state index >= 15 is 0 Å². The number of benzene rings is 1. The highest BCUT2D eigenvalue weighted by atomic mass is 16.2. The van der Waals surface area contributed by atoms with Crippen LogP contribution in [0.2, 0.25) is 0 Å². The first-order valence-corrected chi connectivity index (χ1v) is 7.15. The first kappa shape index (κ1) is 11.2. The number of rotatable bonds is 1. The van der Waals surface area contributed by atoms with Crippen molar-refractivity contribution >= 4 is 11.7 Å². The molecule has 2 aliphatic heterocycles. The summed E-state index contributed by atoms with van der Waals surface area (Å²) in [5.41, 5.74) is 2.77. The Hall–Kier alpha value is -1.64. The van der Waals surface area contributed by atoms with Crippen LogP contribution in [0.4, 0.5) is 0 Å². The lowest BCUT2D eigenvalue weighted by Gasteiger charge is -2.48. The van der Waals surface area contributed by atoms with Crippen LogP contribution in [0.3, 0.4) is 0 Å². The Morgan fingerprint density at radius 3 is 2.58 bits per heavy atom. The molecule has 4 aliphatic rings. The quantitative estimate of drug-likeness (QED) is 0.773. The van der Waals surface area contributed by atoms with Crippen LogP contribution in [0.25, 0.3) is 0 Å². The minimum atomic E-state index is -0.0287. The zero-order chi connectivity index (χ0) is 13.0. The zero-order valence-corrected chi connectivity index (χ0v) is 10.8. The number of Topliss-reactive ketones (excluding diaryl/α,β-unsaturated/α-hetero) is 1. The number of nitrogens with zero attached hydrogens (tertiary/aromatic N) is 1. The number of hydrogen-bond donors (Lipinski definition) is 0. The van der Waals surface area contributed by atoms with E-state index in [1.54, 1.807) is 0 Å². The highest BCUT2D eigenvalue weighted by molar-refractivity contribution is 5.96. The van der Waals surface area contributed by atoms with Crippen LogP contribution < -0.4 is 0 Å². The summed E-state index contributed by atoms with van der Waals surface area (Å²) >= 11 is 0. The molecular weight excluding hydrogens is 238 g/mol. The predicted octanol–water partition coefficient (Wildman–Crippen LogP) is 2.43. The molecule has 0 N–H and O–H groups in total. The van der Waals surface area contributed by atoms with Crippen molar-refractivity contribution in [1.82, 2.24) is 4.90 Å². The molecule has 2 bridgehead atoms. The van der Waals surface area contributed by atoms with Crippen LogP contribution >= 0.6 is 0 Å². The van der Waals surface area contributed by atoms with E-state index in [1.165, 1.54) is 17.5 Å². The summed E-state index contributed by atoms with van der Waals surface area (Å²) in [5.74, 6) is 0.921. The van der Waals surface area contributed by atoms with E-state index in [0.29, 0.717) is 18.8 Å². The van der Waals surface area contributed by atoms with E-state index in [4.69, 9.17) is 0 Å². The molecule has 0 spiro atoms. The van der Waals surface area contributed by atoms with Crippen LogP contribution in [0, 0.1) is 5.92 Å². The minimum absolute atomic E-state index is 0.0287. The number of ketones is 1. The minimum Gasteiger partial charge on any atom is -0.335 e. The summed E-state index contributed by atoms with van der Waals surface area (Å²) in [7, 11) is 0. The molecule has 2 heterocycles. The third-order valence-corrected chi connectivity index (χ3v) is 4.96. The Kier molecular flexibility index (Phi) is 2.32. The molecule has 0 radical (unpaired) electrons. The number of carbonyl (C=O) groups is 2. The van der Waals surface area contributed by atoms with Crippen molar-refractivity contribution in [2.24, 2.45) is 5.92 Å². The monoisotopic (exact) mass is 255 g/mol. The summed E-state index contributed by atoms with van der Waals surface area (Å²) in [6.45, 7) is 0.852. The van der Waals surface area contributed by atoms with Gasteiger partial charge in [0.1, 0.15) is 5.78 Å². The fraction of sp³-hybridized carbons (Fsp3) is 0.500. The molecule has 1 aromatic carbocycles. The second-order valence-electron chi connectivity index (χ2n) is 6.05. The number of amides is 1. The number of fused-ring (bicyclic) bond motifs is 2. The lowest BCUT2D eigenvalue weighted by atomic mass is 9.73. The van der Waals surface area contributed by atoms with Gasteiger partial charge in [-0.25, -0.2) is 0 Å². The van der Waals surface area contributed by atoms with Gasteiger partial charge >= 0.3 is 0 Å². The Labute approximate surface area is 112 Å².